The van der Waals surface area contributed by atoms with Crippen LogP contribution in [0.3, 0.4) is 0 Å². The third-order valence-corrected chi connectivity index (χ3v) is 3.07. The zero-order valence-corrected chi connectivity index (χ0v) is 11.9. The molecule has 0 radical (unpaired) electrons. The van der Waals surface area contributed by atoms with Crippen LogP contribution in [-0.4, -0.2) is 53.1 Å². The molecule has 1 aromatic heterocycles. The van der Waals surface area contributed by atoms with E-state index in [4.69, 9.17) is 0 Å². The maximum absolute atomic E-state index is 12.5. The Morgan fingerprint density at radius 1 is 1.20 bits per heavy atom. The summed E-state index contributed by atoms with van der Waals surface area (Å²) in [7, 11) is 4.01. The lowest BCUT2D eigenvalue weighted by atomic mass is 10.2. The number of likely N-dealkylation sites (N-methyl/N-ethyl adjacent to an activating group) is 1. The molecule has 0 aliphatic rings. The summed E-state index contributed by atoms with van der Waals surface area (Å²) in [5, 5.41) is 6.53. The summed E-state index contributed by atoms with van der Waals surface area (Å²) in [6.07, 6.45) is 3.20. The number of nitrogens with one attached hydrogen (secondary N) is 1. The molecule has 5 heteroatoms. The summed E-state index contributed by atoms with van der Waals surface area (Å²) in [6.45, 7) is 2.13. The number of aromatic nitrogens is 2. The minimum absolute atomic E-state index is 0.00412. The van der Waals surface area contributed by atoms with Crippen molar-refractivity contribution < 1.29 is 4.79 Å². The van der Waals surface area contributed by atoms with E-state index in [-0.39, 0.29) is 5.91 Å². The van der Waals surface area contributed by atoms with E-state index in [0.29, 0.717) is 18.7 Å². The van der Waals surface area contributed by atoms with E-state index in [1.807, 2.05) is 49.3 Å². The van der Waals surface area contributed by atoms with E-state index >= 15 is 0 Å². The first kappa shape index (κ1) is 14.3. The number of nitrogens with zero attached hydrogens (tertiary/aromatic N) is 3. The Balaban J connectivity index is 2.10. The minimum Gasteiger partial charge on any atom is -0.333 e. The van der Waals surface area contributed by atoms with Gasteiger partial charge in [0.05, 0.1) is 11.8 Å². The lowest BCUT2D eigenvalue weighted by Crippen LogP contribution is -2.36. The maximum Gasteiger partial charge on any atom is 0.257 e. The van der Waals surface area contributed by atoms with Crippen molar-refractivity contribution in [2.24, 2.45) is 0 Å². The molecule has 0 spiro atoms. The Kier molecular flexibility index (Phi) is 4.90. The lowest BCUT2D eigenvalue weighted by Gasteiger charge is -2.24. The number of hydrogen-bond acceptors (Lipinski definition) is 3. The number of rotatable bonds is 6. The SMILES string of the molecule is CN(C)CCN(Cc1ccccc1)C(=O)c1cn[nH]c1. The molecule has 2 rings (SSSR count). The summed E-state index contributed by atoms with van der Waals surface area (Å²) >= 11 is 0. The van der Waals surface area contributed by atoms with E-state index in [9.17, 15) is 4.79 Å². The van der Waals surface area contributed by atoms with Crippen LogP contribution in [-0.2, 0) is 6.54 Å². The Morgan fingerprint density at radius 2 is 1.95 bits per heavy atom. The molecule has 1 amide bonds. The molecule has 0 aliphatic carbocycles. The number of benzene rings is 1. The molecule has 106 valence electrons. The molecule has 1 heterocycles. The van der Waals surface area contributed by atoms with E-state index in [0.717, 1.165) is 12.1 Å². The van der Waals surface area contributed by atoms with Gasteiger partial charge in [-0.2, -0.15) is 5.10 Å². The standard InChI is InChI=1S/C15H20N4O/c1-18(2)8-9-19(12-13-6-4-3-5-7-13)15(20)14-10-16-17-11-14/h3-7,10-11H,8-9,12H2,1-2H3,(H,16,17). The lowest BCUT2D eigenvalue weighted by molar-refractivity contribution is 0.0732. The summed E-state index contributed by atoms with van der Waals surface area (Å²) in [6, 6.07) is 10.0. The second-order valence-electron chi connectivity index (χ2n) is 5.00. The van der Waals surface area contributed by atoms with E-state index < -0.39 is 0 Å². The van der Waals surface area contributed by atoms with Crippen molar-refractivity contribution in [1.29, 1.82) is 0 Å². The predicted molar refractivity (Wildman–Crippen MR) is 78.3 cm³/mol. The quantitative estimate of drug-likeness (QED) is 0.869. The van der Waals surface area contributed by atoms with Crippen molar-refractivity contribution in [3.8, 4) is 0 Å². The molecule has 0 fully saturated rings. The first-order chi connectivity index (χ1) is 9.66. The van der Waals surface area contributed by atoms with Crippen LogP contribution in [0.15, 0.2) is 42.7 Å². The highest BCUT2D eigenvalue weighted by atomic mass is 16.2. The Bertz CT molecular complexity index is 522. The highest BCUT2D eigenvalue weighted by Gasteiger charge is 2.17. The molecular formula is C15H20N4O. The largest absolute Gasteiger partial charge is 0.333 e. The van der Waals surface area contributed by atoms with Gasteiger partial charge in [0.25, 0.3) is 5.91 Å². The molecule has 20 heavy (non-hydrogen) atoms. The maximum atomic E-state index is 12.5. The van der Waals surface area contributed by atoms with Gasteiger partial charge in [0.2, 0.25) is 0 Å². The Labute approximate surface area is 119 Å². The molecule has 0 atom stereocenters. The van der Waals surface area contributed by atoms with Gasteiger partial charge >= 0.3 is 0 Å². The van der Waals surface area contributed by atoms with Gasteiger partial charge in [0.15, 0.2) is 0 Å². The van der Waals surface area contributed by atoms with Crippen LogP contribution in [0.4, 0.5) is 0 Å². The van der Waals surface area contributed by atoms with Gasteiger partial charge in [0, 0.05) is 25.8 Å². The Hall–Kier alpha value is -2.14. The van der Waals surface area contributed by atoms with E-state index in [2.05, 4.69) is 15.1 Å². The van der Waals surface area contributed by atoms with Crippen molar-refractivity contribution in [2.75, 3.05) is 27.2 Å². The molecule has 1 aromatic carbocycles. The first-order valence-electron chi connectivity index (χ1n) is 6.63. The van der Waals surface area contributed by atoms with Gasteiger partial charge in [-0.3, -0.25) is 9.89 Å². The minimum atomic E-state index is 0.00412. The van der Waals surface area contributed by atoms with Crippen LogP contribution < -0.4 is 0 Å². The topological polar surface area (TPSA) is 52.2 Å². The number of H-pyrrole nitrogens is 1. The number of amides is 1. The fourth-order valence-electron chi connectivity index (χ4n) is 1.93. The van der Waals surface area contributed by atoms with Crippen molar-refractivity contribution in [1.82, 2.24) is 20.0 Å². The summed E-state index contributed by atoms with van der Waals surface area (Å²) in [4.78, 5) is 16.4. The number of aromatic amines is 1. The zero-order valence-electron chi connectivity index (χ0n) is 11.9. The molecule has 1 N–H and O–H groups in total. The molecule has 0 bridgehead atoms. The van der Waals surface area contributed by atoms with Crippen molar-refractivity contribution >= 4 is 5.91 Å². The van der Waals surface area contributed by atoms with Gasteiger partial charge in [-0.1, -0.05) is 30.3 Å². The third-order valence-electron chi connectivity index (χ3n) is 3.07. The van der Waals surface area contributed by atoms with Crippen molar-refractivity contribution in [3.05, 3.63) is 53.9 Å². The van der Waals surface area contributed by atoms with Crippen molar-refractivity contribution in [3.63, 3.8) is 0 Å². The second-order valence-corrected chi connectivity index (χ2v) is 5.00. The van der Waals surface area contributed by atoms with E-state index in [1.165, 1.54) is 0 Å². The average molecular weight is 272 g/mol. The van der Waals surface area contributed by atoms with Gasteiger partial charge in [-0.15, -0.1) is 0 Å². The summed E-state index contributed by atoms with van der Waals surface area (Å²) in [5.74, 6) is 0.00412. The Morgan fingerprint density at radius 3 is 2.55 bits per heavy atom. The molecule has 2 aromatic rings. The number of hydrogen-bond donors (Lipinski definition) is 1. The normalized spacial score (nSPS) is 10.8. The number of carbonyl (C=O) groups excluding carboxylic acids is 1. The van der Waals surface area contributed by atoms with Gasteiger partial charge in [-0.25, -0.2) is 0 Å². The smallest absolute Gasteiger partial charge is 0.257 e. The molecule has 0 unspecified atom stereocenters. The van der Waals surface area contributed by atoms with Gasteiger partial charge in [0.1, 0.15) is 0 Å². The fourth-order valence-corrected chi connectivity index (χ4v) is 1.93. The van der Waals surface area contributed by atoms with Crippen LogP contribution in [0, 0.1) is 0 Å². The van der Waals surface area contributed by atoms with E-state index in [1.54, 1.807) is 12.4 Å². The first-order valence-corrected chi connectivity index (χ1v) is 6.63. The van der Waals surface area contributed by atoms with Crippen LogP contribution in [0.2, 0.25) is 0 Å². The highest BCUT2D eigenvalue weighted by molar-refractivity contribution is 5.93. The molecule has 0 saturated carbocycles. The van der Waals surface area contributed by atoms with Crippen molar-refractivity contribution in [2.45, 2.75) is 6.54 Å². The molecule has 0 aliphatic heterocycles. The molecular weight excluding hydrogens is 252 g/mol. The van der Waals surface area contributed by atoms with Crippen LogP contribution in [0.5, 0.6) is 0 Å². The second kappa shape index (κ2) is 6.86. The van der Waals surface area contributed by atoms with Crippen LogP contribution in [0.25, 0.3) is 0 Å². The van der Waals surface area contributed by atoms with Gasteiger partial charge in [-0.05, 0) is 19.7 Å². The molecule has 0 saturated heterocycles. The fraction of sp³-hybridized carbons (Fsp3) is 0.333. The average Bonchev–Trinajstić information content (AvgIpc) is 2.97. The summed E-state index contributed by atoms with van der Waals surface area (Å²) in [5.41, 5.74) is 1.72. The monoisotopic (exact) mass is 272 g/mol. The highest BCUT2D eigenvalue weighted by Crippen LogP contribution is 2.09. The van der Waals surface area contributed by atoms with Crippen LogP contribution in [0.1, 0.15) is 15.9 Å². The predicted octanol–water partition coefficient (Wildman–Crippen LogP) is 1.61. The molecule has 5 nitrogen and oxygen atoms in total. The summed E-state index contributed by atoms with van der Waals surface area (Å²) < 4.78 is 0. The zero-order chi connectivity index (χ0) is 14.4. The number of carbonyl (C=O) groups is 1. The third kappa shape index (κ3) is 3.93. The van der Waals surface area contributed by atoms with Gasteiger partial charge < -0.3 is 9.80 Å². The van der Waals surface area contributed by atoms with Crippen LogP contribution >= 0.6 is 0 Å².